The largest absolute Gasteiger partial charge is 0.465 e. The lowest BCUT2D eigenvalue weighted by atomic mass is 9.90. The highest BCUT2D eigenvalue weighted by Crippen LogP contribution is 2.57. The van der Waals surface area contributed by atoms with E-state index in [1.54, 1.807) is 37.8 Å². The number of hydroxylamine groups is 1. The van der Waals surface area contributed by atoms with Gasteiger partial charge in [-0.1, -0.05) is 60.6 Å². The number of carbonyl (C=O) groups excluding carboxylic acids is 4. The number of rotatable bonds is 7. The molecule has 0 spiro atoms. The zero-order valence-corrected chi connectivity index (χ0v) is 30.1. The molecule has 3 heterocycles. The number of esters is 1. The van der Waals surface area contributed by atoms with Crippen molar-refractivity contribution in [2.24, 2.45) is 17.3 Å². The number of thiazole rings is 1. The summed E-state index contributed by atoms with van der Waals surface area (Å²) in [7, 11) is 0. The molecule has 3 aromatic rings. The first-order valence-electron chi connectivity index (χ1n) is 17.7. The van der Waals surface area contributed by atoms with E-state index in [4.69, 9.17) is 14.3 Å². The van der Waals surface area contributed by atoms with Gasteiger partial charge in [0.15, 0.2) is 11.5 Å². The van der Waals surface area contributed by atoms with Crippen molar-refractivity contribution >= 4 is 45.1 Å². The monoisotopic (exact) mass is 701 g/mol. The smallest absolute Gasteiger partial charge is 0.307 e. The fourth-order valence-electron chi connectivity index (χ4n) is 7.11. The van der Waals surface area contributed by atoms with Crippen molar-refractivity contribution in [2.75, 3.05) is 6.54 Å². The third-order valence-corrected chi connectivity index (χ3v) is 10.7. The van der Waals surface area contributed by atoms with Crippen molar-refractivity contribution in [3.63, 3.8) is 0 Å². The fourth-order valence-corrected chi connectivity index (χ4v) is 8.09. The van der Waals surface area contributed by atoms with Crippen LogP contribution in [0.4, 0.5) is 0 Å². The summed E-state index contributed by atoms with van der Waals surface area (Å²) < 4.78 is 13.0. The number of aryl methyl sites for hydroxylation is 1. The Balaban J connectivity index is 1.27. The van der Waals surface area contributed by atoms with Crippen molar-refractivity contribution in [2.45, 2.75) is 103 Å². The van der Waals surface area contributed by atoms with Gasteiger partial charge in [-0.25, -0.2) is 4.98 Å². The molecule has 0 unspecified atom stereocenters. The number of nitrogens with zero attached hydrogens (tertiary/aromatic N) is 2. The average molecular weight is 702 g/mol. The van der Waals surface area contributed by atoms with E-state index in [9.17, 15) is 19.2 Å². The van der Waals surface area contributed by atoms with Gasteiger partial charge in [-0.15, -0.1) is 0 Å². The van der Waals surface area contributed by atoms with E-state index in [2.05, 4.69) is 28.7 Å². The van der Waals surface area contributed by atoms with Gasteiger partial charge in [0, 0.05) is 18.8 Å². The minimum atomic E-state index is -0.989. The first-order valence-corrected chi connectivity index (χ1v) is 18.5. The molecule has 1 saturated heterocycles. The van der Waals surface area contributed by atoms with E-state index in [1.165, 1.54) is 11.3 Å². The van der Waals surface area contributed by atoms with Crippen molar-refractivity contribution in [1.29, 1.82) is 0 Å². The highest BCUT2D eigenvalue weighted by atomic mass is 32.1. The molecule has 50 heavy (non-hydrogen) atoms. The number of ether oxygens (including phenoxy) is 2. The van der Waals surface area contributed by atoms with Gasteiger partial charge in [-0.05, 0) is 89.1 Å². The second-order valence-electron chi connectivity index (χ2n) is 14.9. The van der Waals surface area contributed by atoms with Gasteiger partial charge in [-0.2, -0.15) is 5.48 Å². The van der Waals surface area contributed by atoms with Crippen LogP contribution in [0.5, 0.6) is 10.9 Å². The molecule has 266 valence electrons. The number of hydrogen-bond donors (Lipinski definition) is 1. The summed E-state index contributed by atoms with van der Waals surface area (Å²) in [6.45, 7) is 7.61. The summed E-state index contributed by atoms with van der Waals surface area (Å²) in [5.41, 5.74) is 2.87. The van der Waals surface area contributed by atoms with E-state index < -0.39 is 35.0 Å². The van der Waals surface area contributed by atoms with E-state index >= 15 is 0 Å². The van der Waals surface area contributed by atoms with Crippen LogP contribution in [-0.4, -0.2) is 57.7 Å². The van der Waals surface area contributed by atoms with Crippen molar-refractivity contribution in [3.05, 3.63) is 66.2 Å². The third kappa shape index (κ3) is 8.54. The third-order valence-electron chi connectivity index (χ3n) is 9.76. The summed E-state index contributed by atoms with van der Waals surface area (Å²) >= 11 is 1.43. The molecule has 2 aliphatic heterocycles. The number of para-hydroxylation sites is 1. The maximum Gasteiger partial charge on any atom is 0.307 e. The van der Waals surface area contributed by atoms with Gasteiger partial charge in [0.1, 0.15) is 11.7 Å². The van der Waals surface area contributed by atoms with Crippen molar-refractivity contribution in [3.8, 4) is 10.9 Å². The van der Waals surface area contributed by atoms with Crippen LogP contribution in [0.15, 0.2) is 60.7 Å². The topological polar surface area (TPSA) is 124 Å². The van der Waals surface area contributed by atoms with E-state index in [0.29, 0.717) is 23.8 Å². The van der Waals surface area contributed by atoms with Gasteiger partial charge in [0.25, 0.3) is 11.1 Å². The number of hydrogen-bond acceptors (Lipinski definition) is 9. The molecule has 5 atom stereocenters. The molecule has 2 fully saturated rings. The number of Topliss-reactive ketones (excluding diaryl/α,β-unsaturated/α-hetero) is 1. The van der Waals surface area contributed by atoms with Crippen LogP contribution in [-0.2, 0) is 23.9 Å². The number of fused-ring (bicyclic) bond motifs is 3. The molecule has 0 radical (unpaired) electrons. The molecular formula is C39H47N3O7S. The van der Waals surface area contributed by atoms with Gasteiger partial charge in [0.05, 0.1) is 34.6 Å². The molecule has 11 heteroatoms. The average Bonchev–Trinajstić information content (AvgIpc) is 3.37. The molecule has 3 aliphatic rings. The predicted molar refractivity (Wildman–Crippen MR) is 190 cm³/mol. The summed E-state index contributed by atoms with van der Waals surface area (Å²) in [6.07, 6.45) is 8.20. The molecule has 10 nitrogen and oxygen atoms in total. The summed E-state index contributed by atoms with van der Waals surface area (Å²) in [4.78, 5) is 67.5. The predicted octanol–water partition coefficient (Wildman–Crippen LogP) is 6.90. The molecule has 1 saturated carbocycles. The fraction of sp³-hybridized carbons (Fsp3) is 0.513. The molecule has 2 aromatic carbocycles. The number of benzene rings is 2. The Morgan fingerprint density at radius 1 is 1.08 bits per heavy atom. The van der Waals surface area contributed by atoms with Gasteiger partial charge in [-0.3, -0.25) is 19.2 Å². The highest BCUT2D eigenvalue weighted by molar-refractivity contribution is 7.20. The Morgan fingerprint density at radius 3 is 2.66 bits per heavy atom. The summed E-state index contributed by atoms with van der Waals surface area (Å²) in [6, 6.07) is 14.1. The zero-order chi connectivity index (χ0) is 35.5. The maximum atomic E-state index is 14.4. The standard InChI is InChI=1S/C39H47N3O7S/c1-25-17-18-30-33(19-25)50-37(40-30)47-29-21-31-32(43)23-39(36(46)41-49-28-15-11-8-12-16-28)22-27(39)14-10-7-5-6-9-13-26(35(45)42(31)24-29)20-34(44)48-38(2,3)4/h8,10-12,14-19,26-27,29,31H,5-7,9,13,20-24H2,1-4H3,(H,41,46)/b14-10-/t26-,27-,29-,31+,39-/m1/s1. The zero-order valence-electron chi connectivity index (χ0n) is 29.3. The number of carbonyl (C=O) groups is 4. The first-order chi connectivity index (χ1) is 23.9. The minimum absolute atomic E-state index is 0.0513. The number of amides is 2. The van der Waals surface area contributed by atoms with E-state index in [1.807, 2.05) is 37.3 Å². The van der Waals surface area contributed by atoms with Gasteiger partial charge < -0.3 is 19.2 Å². The van der Waals surface area contributed by atoms with Crippen LogP contribution in [0.1, 0.15) is 84.1 Å². The van der Waals surface area contributed by atoms with Crippen LogP contribution < -0.4 is 15.1 Å². The molecule has 1 aromatic heterocycles. The normalized spacial score (nSPS) is 26.6. The molecule has 2 amide bonds. The van der Waals surface area contributed by atoms with Crippen LogP contribution in [0.3, 0.4) is 0 Å². The van der Waals surface area contributed by atoms with Crippen LogP contribution >= 0.6 is 11.3 Å². The van der Waals surface area contributed by atoms with Gasteiger partial charge >= 0.3 is 5.97 Å². The van der Waals surface area contributed by atoms with E-state index in [-0.39, 0.29) is 49.3 Å². The maximum absolute atomic E-state index is 14.4. The second-order valence-corrected chi connectivity index (χ2v) is 15.9. The lowest BCUT2D eigenvalue weighted by Gasteiger charge is -2.29. The van der Waals surface area contributed by atoms with Crippen LogP contribution in [0, 0.1) is 24.2 Å². The second kappa shape index (κ2) is 14.9. The van der Waals surface area contributed by atoms with Crippen LogP contribution in [0.25, 0.3) is 10.2 Å². The highest BCUT2D eigenvalue weighted by Gasteiger charge is 2.61. The molecule has 1 N–H and O–H groups in total. The number of aromatic nitrogens is 1. The van der Waals surface area contributed by atoms with Crippen molar-refractivity contribution < 1.29 is 33.5 Å². The molecule has 6 rings (SSSR count). The Labute approximate surface area is 297 Å². The Kier molecular flexibility index (Phi) is 10.6. The molecular weight excluding hydrogens is 655 g/mol. The van der Waals surface area contributed by atoms with Crippen molar-refractivity contribution in [1.82, 2.24) is 15.4 Å². The van der Waals surface area contributed by atoms with E-state index in [0.717, 1.165) is 41.5 Å². The first kappa shape index (κ1) is 35.6. The Hall–Kier alpha value is -4.25. The Morgan fingerprint density at radius 2 is 1.88 bits per heavy atom. The summed E-state index contributed by atoms with van der Waals surface area (Å²) in [5, 5.41) is 0.477. The lowest BCUT2D eigenvalue weighted by molar-refractivity contribution is -0.159. The SMILES string of the molecule is Cc1ccc2nc(O[C@@H]3C[C@H]4C(=O)C[C@]5(C(=O)NOc6ccccc6)C[C@H]5/C=C\CCCCC[C@H](CC(=O)OC(C)(C)C)C(=O)N4C3)sc2c1. The number of allylic oxidation sites excluding steroid dienone is 2. The number of nitrogens with one attached hydrogen (secondary N) is 1. The van der Waals surface area contributed by atoms with Crippen LogP contribution in [0.2, 0.25) is 0 Å². The number of ketones is 1. The molecule has 0 bridgehead atoms. The quantitative estimate of drug-likeness (QED) is 0.160. The molecule has 1 aliphatic carbocycles. The lowest BCUT2D eigenvalue weighted by Crippen LogP contribution is -2.46. The van der Waals surface area contributed by atoms with Gasteiger partial charge in [0.2, 0.25) is 5.91 Å². The summed E-state index contributed by atoms with van der Waals surface area (Å²) in [5.74, 6) is -1.54. The Bertz CT molecular complexity index is 1750. The minimum Gasteiger partial charge on any atom is -0.465 e.